The van der Waals surface area contributed by atoms with Gasteiger partial charge >= 0.3 is 6.18 Å². The molecule has 4 rings (SSSR count). The summed E-state index contributed by atoms with van der Waals surface area (Å²) in [7, 11) is 0. The predicted molar refractivity (Wildman–Crippen MR) is 130 cm³/mol. The van der Waals surface area contributed by atoms with E-state index < -0.39 is 11.9 Å². The number of thioether (sulfide) groups is 1. The fourth-order valence-corrected chi connectivity index (χ4v) is 4.21. The van der Waals surface area contributed by atoms with E-state index in [1.165, 1.54) is 0 Å². The summed E-state index contributed by atoms with van der Waals surface area (Å²) in [5.41, 5.74) is 1.59. The minimum Gasteiger partial charge on any atom is -0.333 e. The maximum atomic E-state index is 13.5. The van der Waals surface area contributed by atoms with E-state index in [9.17, 15) is 18.0 Å². The van der Waals surface area contributed by atoms with Crippen LogP contribution in [0.5, 0.6) is 0 Å². The van der Waals surface area contributed by atoms with E-state index in [-0.39, 0.29) is 22.5 Å². The van der Waals surface area contributed by atoms with Gasteiger partial charge in [0.2, 0.25) is 5.91 Å². The van der Waals surface area contributed by atoms with Crippen molar-refractivity contribution in [1.29, 1.82) is 0 Å². The molecule has 0 aliphatic carbocycles. The van der Waals surface area contributed by atoms with Gasteiger partial charge in [-0.1, -0.05) is 103 Å². The van der Waals surface area contributed by atoms with Crippen molar-refractivity contribution in [2.24, 2.45) is 0 Å². The molecule has 3 aromatic carbocycles. The number of hydrogen-bond acceptors (Lipinski definition) is 4. The zero-order valence-corrected chi connectivity index (χ0v) is 19.5. The molecule has 0 saturated heterocycles. The number of carbonyl (C=O) groups excluding carboxylic acids is 1. The average molecular weight is 494 g/mol. The summed E-state index contributed by atoms with van der Waals surface area (Å²) in [4.78, 5) is 22.9. The first-order valence-electron chi connectivity index (χ1n) is 10.9. The molecule has 0 unspecified atom stereocenters. The molecule has 0 aliphatic heterocycles. The Hall–Kier alpha value is -3.65. The zero-order chi connectivity index (χ0) is 24.7. The van der Waals surface area contributed by atoms with Crippen LogP contribution in [0.3, 0.4) is 0 Å². The lowest BCUT2D eigenvalue weighted by molar-refractivity contribution is -0.141. The lowest BCUT2D eigenvalue weighted by Crippen LogP contribution is -2.31. The lowest BCUT2D eigenvalue weighted by atomic mass is 10.1. The maximum Gasteiger partial charge on any atom is 0.433 e. The van der Waals surface area contributed by atoms with Crippen LogP contribution in [0.15, 0.2) is 102 Å². The predicted octanol–water partition coefficient (Wildman–Crippen LogP) is 6.48. The van der Waals surface area contributed by atoms with Gasteiger partial charge in [0.1, 0.15) is 5.69 Å². The van der Waals surface area contributed by atoms with E-state index in [1.54, 1.807) is 35.2 Å². The van der Waals surface area contributed by atoms with Gasteiger partial charge < -0.3 is 4.90 Å². The zero-order valence-electron chi connectivity index (χ0n) is 18.7. The van der Waals surface area contributed by atoms with Gasteiger partial charge in [0.05, 0.1) is 11.4 Å². The molecule has 1 heterocycles. The first kappa shape index (κ1) is 24.5. The Morgan fingerprint density at radius 2 is 1.29 bits per heavy atom. The van der Waals surface area contributed by atoms with Crippen molar-refractivity contribution < 1.29 is 18.0 Å². The number of benzene rings is 3. The largest absolute Gasteiger partial charge is 0.433 e. The smallest absolute Gasteiger partial charge is 0.333 e. The number of carbonyl (C=O) groups is 1. The molecule has 0 bridgehead atoms. The molecule has 35 heavy (non-hydrogen) atoms. The molecular formula is C27H22F3N3OS. The van der Waals surface area contributed by atoms with E-state index in [1.807, 2.05) is 60.7 Å². The first-order chi connectivity index (χ1) is 16.9. The highest BCUT2D eigenvalue weighted by atomic mass is 32.2. The van der Waals surface area contributed by atoms with Crippen LogP contribution in [0.2, 0.25) is 0 Å². The van der Waals surface area contributed by atoms with E-state index in [2.05, 4.69) is 9.97 Å². The van der Waals surface area contributed by atoms with Gasteiger partial charge in [0, 0.05) is 18.7 Å². The third-order valence-electron chi connectivity index (χ3n) is 5.18. The summed E-state index contributed by atoms with van der Waals surface area (Å²) in [5.74, 6) is -0.306. The van der Waals surface area contributed by atoms with E-state index >= 15 is 0 Å². The van der Waals surface area contributed by atoms with Crippen LogP contribution in [0.1, 0.15) is 16.8 Å². The number of rotatable bonds is 8. The maximum absolute atomic E-state index is 13.5. The molecular weight excluding hydrogens is 471 g/mol. The molecule has 4 aromatic rings. The van der Waals surface area contributed by atoms with E-state index in [0.29, 0.717) is 18.7 Å². The fourth-order valence-electron chi connectivity index (χ4n) is 3.45. The van der Waals surface area contributed by atoms with Crippen LogP contribution < -0.4 is 0 Å². The van der Waals surface area contributed by atoms with Crippen molar-refractivity contribution in [3.05, 3.63) is 114 Å². The number of halogens is 3. The summed E-state index contributed by atoms with van der Waals surface area (Å²) in [6.45, 7) is 0.766. The van der Waals surface area contributed by atoms with Gasteiger partial charge in [-0.05, 0) is 17.2 Å². The van der Waals surface area contributed by atoms with Gasteiger partial charge in [0.15, 0.2) is 5.16 Å². The second kappa shape index (κ2) is 11.2. The highest BCUT2D eigenvalue weighted by Crippen LogP contribution is 2.32. The number of hydrogen-bond donors (Lipinski definition) is 0. The Kier molecular flexibility index (Phi) is 7.82. The standard InChI is InChI=1S/C27H22F3N3OS/c28-27(29,30)24-16-23(22-14-8-3-9-15-22)31-26(32-24)35-19-25(34)33(17-20-10-4-1-5-11-20)18-21-12-6-2-7-13-21/h1-16H,17-19H2. The Balaban J connectivity index is 1.55. The monoisotopic (exact) mass is 493 g/mol. The van der Waals surface area contributed by atoms with Gasteiger partial charge in [-0.25, -0.2) is 9.97 Å². The summed E-state index contributed by atoms with van der Waals surface area (Å²) >= 11 is 0.904. The second-order valence-corrected chi connectivity index (χ2v) is 8.74. The van der Waals surface area contributed by atoms with Crippen LogP contribution in [0, 0.1) is 0 Å². The van der Waals surface area contributed by atoms with Crippen molar-refractivity contribution in [3.63, 3.8) is 0 Å². The Morgan fingerprint density at radius 3 is 1.80 bits per heavy atom. The molecule has 0 aliphatic rings. The highest BCUT2D eigenvalue weighted by molar-refractivity contribution is 7.99. The highest BCUT2D eigenvalue weighted by Gasteiger charge is 2.34. The SMILES string of the molecule is O=C(CSc1nc(-c2ccccc2)cc(C(F)(F)F)n1)N(Cc1ccccc1)Cc1ccccc1. The summed E-state index contributed by atoms with van der Waals surface area (Å²) in [6, 6.07) is 28.7. The molecule has 1 aromatic heterocycles. The van der Waals surface area contributed by atoms with Gasteiger partial charge in [-0.15, -0.1) is 0 Å². The third kappa shape index (κ3) is 6.93. The van der Waals surface area contributed by atoms with E-state index in [0.717, 1.165) is 29.0 Å². The fraction of sp³-hybridized carbons (Fsp3) is 0.148. The molecule has 0 radical (unpaired) electrons. The molecule has 0 saturated carbocycles. The summed E-state index contributed by atoms with van der Waals surface area (Å²) < 4.78 is 40.5. The summed E-state index contributed by atoms with van der Waals surface area (Å²) in [5, 5.41) is -0.0913. The minimum atomic E-state index is -4.63. The third-order valence-corrected chi connectivity index (χ3v) is 6.01. The van der Waals surface area contributed by atoms with Crippen molar-refractivity contribution in [2.75, 3.05) is 5.75 Å². The topological polar surface area (TPSA) is 46.1 Å². The van der Waals surface area contributed by atoms with Crippen LogP contribution in [-0.4, -0.2) is 26.5 Å². The Bertz CT molecular complexity index is 1210. The molecule has 0 atom stereocenters. The number of nitrogens with zero attached hydrogens (tertiary/aromatic N) is 3. The quantitative estimate of drug-likeness (QED) is 0.208. The molecule has 0 fully saturated rings. The van der Waals surface area contributed by atoms with Crippen molar-refractivity contribution >= 4 is 17.7 Å². The van der Waals surface area contributed by atoms with Gasteiger partial charge in [-0.3, -0.25) is 4.79 Å². The van der Waals surface area contributed by atoms with Crippen molar-refractivity contribution in [3.8, 4) is 11.3 Å². The number of aromatic nitrogens is 2. The molecule has 4 nitrogen and oxygen atoms in total. The molecule has 0 spiro atoms. The lowest BCUT2D eigenvalue weighted by Gasteiger charge is -2.23. The average Bonchev–Trinajstić information content (AvgIpc) is 2.88. The second-order valence-electron chi connectivity index (χ2n) is 7.79. The van der Waals surface area contributed by atoms with Crippen LogP contribution >= 0.6 is 11.8 Å². The van der Waals surface area contributed by atoms with Crippen LogP contribution in [-0.2, 0) is 24.1 Å². The summed E-state index contributed by atoms with van der Waals surface area (Å²) in [6.07, 6.45) is -4.63. The minimum absolute atomic E-state index is 0.0881. The molecule has 178 valence electrons. The van der Waals surface area contributed by atoms with Crippen LogP contribution in [0.25, 0.3) is 11.3 Å². The molecule has 8 heteroatoms. The normalized spacial score (nSPS) is 11.3. The van der Waals surface area contributed by atoms with Gasteiger partial charge in [-0.2, -0.15) is 13.2 Å². The molecule has 1 amide bonds. The van der Waals surface area contributed by atoms with E-state index in [4.69, 9.17) is 0 Å². The van der Waals surface area contributed by atoms with Gasteiger partial charge in [0.25, 0.3) is 0 Å². The molecule has 0 N–H and O–H groups in total. The van der Waals surface area contributed by atoms with Crippen LogP contribution in [0.4, 0.5) is 13.2 Å². The van der Waals surface area contributed by atoms with Crippen molar-refractivity contribution in [2.45, 2.75) is 24.4 Å². The Morgan fingerprint density at radius 1 is 0.771 bits per heavy atom. The first-order valence-corrected chi connectivity index (χ1v) is 11.9. The number of amides is 1. The number of alkyl halides is 3. The Labute approximate surface area is 205 Å². The van der Waals surface area contributed by atoms with Crippen molar-refractivity contribution in [1.82, 2.24) is 14.9 Å².